The highest BCUT2D eigenvalue weighted by Gasteiger charge is 2.44. The lowest BCUT2D eigenvalue weighted by Gasteiger charge is -2.22. The van der Waals surface area contributed by atoms with Gasteiger partial charge in [-0.15, -0.1) is 12.4 Å². The topological polar surface area (TPSA) is 49.4 Å². The van der Waals surface area contributed by atoms with E-state index in [-0.39, 0.29) is 22.7 Å². The van der Waals surface area contributed by atoms with E-state index in [9.17, 15) is 21.6 Å². The molecule has 23 heavy (non-hydrogen) atoms. The van der Waals surface area contributed by atoms with Gasteiger partial charge in [0.15, 0.2) is 0 Å². The molecular weight excluding hydrogens is 353 g/mol. The van der Waals surface area contributed by atoms with Gasteiger partial charge < -0.3 is 5.32 Å². The highest BCUT2D eigenvalue weighted by Crippen LogP contribution is 2.39. The first-order valence-corrected chi connectivity index (χ1v) is 8.55. The van der Waals surface area contributed by atoms with Gasteiger partial charge in [0.05, 0.1) is 10.5 Å². The van der Waals surface area contributed by atoms with Crippen LogP contribution in [-0.4, -0.2) is 38.9 Å². The van der Waals surface area contributed by atoms with Crippen LogP contribution in [0.25, 0.3) is 0 Å². The van der Waals surface area contributed by atoms with E-state index in [1.807, 2.05) is 0 Å². The van der Waals surface area contributed by atoms with Crippen LogP contribution in [0.3, 0.4) is 0 Å². The molecule has 0 aromatic heterocycles. The van der Waals surface area contributed by atoms with E-state index >= 15 is 0 Å². The first-order valence-electron chi connectivity index (χ1n) is 7.11. The van der Waals surface area contributed by atoms with Gasteiger partial charge in [-0.2, -0.15) is 17.5 Å². The molecule has 2 fully saturated rings. The van der Waals surface area contributed by atoms with Gasteiger partial charge >= 0.3 is 6.18 Å². The van der Waals surface area contributed by atoms with Gasteiger partial charge in [0.2, 0.25) is 10.0 Å². The molecule has 9 heteroatoms. The van der Waals surface area contributed by atoms with E-state index in [1.54, 1.807) is 0 Å². The molecule has 0 saturated carbocycles. The third-order valence-electron chi connectivity index (χ3n) is 4.53. The van der Waals surface area contributed by atoms with E-state index < -0.39 is 21.8 Å². The number of alkyl halides is 3. The normalized spacial score (nSPS) is 25.7. The van der Waals surface area contributed by atoms with Crippen LogP contribution in [0.4, 0.5) is 13.2 Å². The quantitative estimate of drug-likeness (QED) is 0.870. The van der Waals surface area contributed by atoms with Gasteiger partial charge in [-0.1, -0.05) is 6.07 Å². The number of sulfonamides is 1. The average molecular weight is 371 g/mol. The summed E-state index contributed by atoms with van der Waals surface area (Å²) in [6.07, 6.45) is -2.90. The van der Waals surface area contributed by atoms with Crippen LogP contribution in [0.2, 0.25) is 0 Å². The van der Waals surface area contributed by atoms with Gasteiger partial charge in [0, 0.05) is 19.6 Å². The Morgan fingerprint density at radius 1 is 1.22 bits per heavy atom. The number of halogens is 4. The van der Waals surface area contributed by atoms with Crippen LogP contribution in [0, 0.1) is 5.41 Å². The van der Waals surface area contributed by atoms with Gasteiger partial charge in [-0.3, -0.25) is 0 Å². The van der Waals surface area contributed by atoms with Gasteiger partial charge in [0.25, 0.3) is 0 Å². The third kappa shape index (κ3) is 3.50. The van der Waals surface area contributed by atoms with Crippen molar-refractivity contribution < 1.29 is 21.6 Å². The Kier molecular flexibility index (Phi) is 5.02. The molecule has 1 aromatic rings. The SMILES string of the molecule is Cl.O=S(=O)(c1cccc(C(F)(F)F)c1)N1CCC2(CCNC2)C1. The van der Waals surface area contributed by atoms with Gasteiger partial charge in [-0.05, 0) is 43.0 Å². The Morgan fingerprint density at radius 2 is 1.96 bits per heavy atom. The molecule has 2 aliphatic rings. The third-order valence-corrected chi connectivity index (χ3v) is 6.38. The summed E-state index contributed by atoms with van der Waals surface area (Å²) in [5, 5.41) is 3.23. The molecule has 0 amide bonds. The number of rotatable bonds is 2. The zero-order valence-electron chi connectivity index (χ0n) is 12.3. The van der Waals surface area contributed by atoms with E-state index in [0.717, 1.165) is 38.1 Å². The Balaban J connectivity index is 0.00000192. The number of nitrogens with zero attached hydrogens (tertiary/aromatic N) is 1. The lowest BCUT2D eigenvalue weighted by atomic mass is 9.87. The van der Waals surface area contributed by atoms with Crippen LogP contribution in [0.15, 0.2) is 29.2 Å². The van der Waals surface area contributed by atoms with E-state index in [2.05, 4.69) is 5.32 Å². The highest BCUT2D eigenvalue weighted by molar-refractivity contribution is 7.89. The maximum absolute atomic E-state index is 12.8. The van der Waals surface area contributed by atoms with Crippen LogP contribution in [-0.2, 0) is 16.2 Å². The fraction of sp³-hybridized carbons (Fsp3) is 0.571. The van der Waals surface area contributed by atoms with E-state index in [1.165, 1.54) is 10.4 Å². The molecule has 0 aliphatic carbocycles. The molecule has 3 rings (SSSR count). The van der Waals surface area contributed by atoms with E-state index in [0.29, 0.717) is 19.2 Å². The van der Waals surface area contributed by atoms with Crippen molar-refractivity contribution in [3.05, 3.63) is 29.8 Å². The monoisotopic (exact) mass is 370 g/mol. The zero-order chi connectivity index (χ0) is 16.0. The van der Waals surface area contributed by atoms with Crippen molar-refractivity contribution in [2.24, 2.45) is 5.41 Å². The van der Waals surface area contributed by atoms with Crippen LogP contribution < -0.4 is 5.32 Å². The number of benzene rings is 1. The molecule has 1 N–H and O–H groups in total. The van der Waals surface area contributed by atoms with Crippen molar-refractivity contribution in [3.63, 3.8) is 0 Å². The molecule has 2 aliphatic heterocycles. The number of hydrogen-bond acceptors (Lipinski definition) is 3. The minimum absolute atomic E-state index is 0. The van der Waals surface area contributed by atoms with Crippen LogP contribution >= 0.6 is 12.4 Å². The van der Waals surface area contributed by atoms with Gasteiger partial charge in [-0.25, -0.2) is 8.42 Å². The molecule has 0 radical (unpaired) electrons. The Morgan fingerprint density at radius 3 is 2.57 bits per heavy atom. The summed E-state index contributed by atoms with van der Waals surface area (Å²) in [6.45, 7) is 2.36. The molecule has 1 aromatic carbocycles. The summed E-state index contributed by atoms with van der Waals surface area (Å²) in [5.41, 5.74) is -1.00. The molecule has 1 spiro atoms. The number of hydrogen-bond donors (Lipinski definition) is 1. The maximum Gasteiger partial charge on any atom is 0.416 e. The minimum Gasteiger partial charge on any atom is -0.316 e. The molecule has 2 saturated heterocycles. The second kappa shape index (κ2) is 6.23. The van der Waals surface area contributed by atoms with Crippen LogP contribution in [0.1, 0.15) is 18.4 Å². The van der Waals surface area contributed by atoms with Crippen molar-refractivity contribution >= 4 is 22.4 Å². The first-order chi connectivity index (χ1) is 10.2. The van der Waals surface area contributed by atoms with Crippen molar-refractivity contribution in [3.8, 4) is 0 Å². The highest BCUT2D eigenvalue weighted by atomic mass is 35.5. The summed E-state index contributed by atoms with van der Waals surface area (Å²) in [6, 6.07) is 3.96. The fourth-order valence-electron chi connectivity index (χ4n) is 3.23. The molecule has 4 nitrogen and oxygen atoms in total. The fourth-order valence-corrected chi connectivity index (χ4v) is 4.83. The summed E-state index contributed by atoms with van der Waals surface area (Å²) in [5.74, 6) is 0. The Hall–Kier alpha value is -0.830. The zero-order valence-corrected chi connectivity index (χ0v) is 13.9. The molecule has 2 heterocycles. The molecule has 1 atom stereocenters. The van der Waals surface area contributed by atoms with Crippen molar-refractivity contribution in [1.82, 2.24) is 9.62 Å². The minimum atomic E-state index is -4.55. The largest absolute Gasteiger partial charge is 0.416 e. The predicted molar refractivity (Wildman–Crippen MR) is 82.0 cm³/mol. The number of nitrogens with one attached hydrogen (secondary N) is 1. The average Bonchev–Trinajstić information content (AvgIpc) is 3.09. The molecular formula is C14H18ClF3N2O2S. The Labute approximate surface area is 139 Å². The predicted octanol–water partition coefficient (Wildman–Crippen LogP) is 2.50. The maximum atomic E-state index is 12.8. The van der Waals surface area contributed by atoms with Gasteiger partial charge in [0.1, 0.15) is 0 Å². The van der Waals surface area contributed by atoms with Crippen molar-refractivity contribution in [1.29, 1.82) is 0 Å². The summed E-state index contributed by atoms with van der Waals surface area (Å²) < 4.78 is 64.8. The summed E-state index contributed by atoms with van der Waals surface area (Å²) in [7, 11) is -3.88. The van der Waals surface area contributed by atoms with Crippen molar-refractivity contribution in [2.75, 3.05) is 26.2 Å². The standard InChI is InChI=1S/C14H17F3N2O2S.ClH/c15-14(16,17)11-2-1-3-12(8-11)22(20,21)19-7-5-13(10-19)4-6-18-9-13;/h1-3,8,18H,4-7,9-10H2;1H. The second-order valence-corrected chi connectivity index (χ2v) is 7.98. The molecule has 0 bridgehead atoms. The van der Waals surface area contributed by atoms with E-state index in [4.69, 9.17) is 0 Å². The lowest BCUT2D eigenvalue weighted by Crippen LogP contribution is -2.33. The van der Waals surface area contributed by atoms with Crippen LogP contribution in [0.5, 0.6) is 0 Å². The summed E-state index contributed by atoms with van der Waals surface area (Å²) in [4.78, 5) is -0.287. The first kappa shape index (κ1) is 18.5. The van der Waals surface area contributed by atoms with Crippen molar-refractivity contribution in [2.45, 2.75) is 23.9 Å². The second-order valence-electron chi connectivity index (χ2n) is 6.04. The smallest absolute Gasteiger partial charge is 0.316 e. The molecule has 130 valence electrons. The lowest BCUT2D eigenvalue weighted by molar-refractivity contribution is -0.137. The summed E-state index contributed by atoms with van der Waals surface area (Å²) >= 11 is 0. The molecule has 1 unspecified atom stereocenters. The Bertz CT molecular complexity index is 673.